The van der Waals surface area contributed by atoms with E-state index in [1.54, 1.807) is 17.6 Å². The smallest absolute Gasteiger partial charge is 0.338 e. The maximum Gasteiger partial charge on any atom is 0.338 e. The van der Waals surface area contributed by atoms with E-state index in [0.29, 0.717) is 32.9 Å². The second-order valence-electron chi connectivity index (χ2n) is 9.88. The van der Waals surface area contributed by atoms with Gasteiger partial charge in [0.2, 0.25) is 0 Å². The molecule has 5 aromatic rings. The number of allylic oxidation sites excluding steroid dienone is 1. The van der Waals surface area contributed by atoms with Crippen molar-refractivity contribution in [3.8, 4) is 22.7 Å². The minimum absolute atomic E-state index is 0.237. The molecule has 0 bridgehead atoms. The summed E-state index contributed by atoms with van der Waals surface area (Å²) in [5.74, 6) is 0.266. The van der Waals surface area contributed by atoms with Crippen LogP contribution in [-0.4, -0.2) is 34.0 Å². The van der Waals surface area contributed by atoms with Crippen LogP contribution in [0.2, 0.25) is 0 Å². The minimum Gasteiger partial charge on any atom is -0.489 e. The fourth-order valence-corrected chi connectivity index (χ4v) is 6.95. The summed E-state index contributed by atoms with van der Waals surface area (Å²) in [7, 11) is 1.34. The summed E-state index contributed by atoms with van der Waals surface area (Å²) in [6.07, 6.45) is 5.48. The van der Waals surface area contributed by atoms with Gasteiger partial charge in [-0.05, 0) is 67.3 Å². The first kappa shape index (κ1) is 28.3. The van der Waals surface area contributed by atoms with Crippen molar-refractivity contribution in [3.05, 3.63) is 132 Å². The Bertz CT molecular complexity index is 2050. The Morgan fingerprint density at radius 2 is 1.93 bits per heavy atom. The number of aryl methyl sites for hydroxylation is 1. The van der Waals surface area contributed by atoms with Gasteiger partial charge in [0.25, 0.3) is 5.56 Å². The number of hydrogen-bond acceptors (Lipinski definition) is 8. The highest BCUT2D eigenvalue weighted by atomic mass is 32.1. The quantitative estimate of drug-likeness (QED) is 0.179. The van der Waals surface area contributed by atoms with Crippen molar-refractivity contribution in [3.63, 3.8) is 0 Å². The van der Waals surface area contributed by atoms with Gasteiger partial charge >= 0.3 is 5.97 Å². The first-order chi connectivity index (χ1) is 20.9. The van der Waals surface area contributed by atoms with Crippen LogP contribution in [0.25, 0.3) is 23.0 Å². The second-order valence-corrected chi connectivity index (χ2v) is 11.9. The summed E-state index contributed by atoms with van der Waals surface area (Å²) in [5.41, 5.74) is 4.88. The zero-order chi connectivity index (χ0) is 30.1. The first-order valence-electron chi connectivity index (χ1n) is 13.5. The van der Waals surface area contributed by atoms with Crippen molar-refractivity contribution >= 4 is 34.7 Å². The molecule has 6 rings (SSSR count). The van der Waals surface area contributed by atoms with E-state index >= 15 is 0 Å². The van der Waals surface area contributed by atoms with Gasteiger partial charge in [0.05, 0.1) is 28.6 Å². The lowest BCUT2D eigenvalue weighted by Crippen LogP contribution is -2.39. The average molecular weight is 609 g/mol. The third kappa shape index (κ3) is 5.31. The molecule has 1 aliphatic rings. The summed E-state index contributed by atoms with van der Waals surface area (Å²) >= 11 is 2.77. The number of carbonyl (C=O) groups excluding carboxylic acids is 1. The van der Waals surface area contributed by atoms with Gasteiger partial charge in [0.1, 0.15) is 24.1 Å². The third-order valence-corrected chi connectivity index (χ3v) is 9.00. The van der Waals surface area contributed by atoms with E-state index in [2.05, 4.69) is 11.6 Å². The van der Waals surface area contributed by atoms with Crippen LogP contribution in [0.3, 0.4) is 0 Å². The van der Waals surface area contributed by atoms with Gasteiger partial charge in [0.15, 0.2) is 4.80 Å². The molecule has 3 aromatic heterocycles. The van der Waals surface area contributed by atoms with Gasteiger partial charge in [-0.3, -0.25) is 9.36 Å². The molecular weight excluding hydrogens is 581 g/mol. The van der Waals surface area contributed by atoms with Gasteiger partial charge in [0, 0.05) is 22.2 Å². The number of benzene rings is 2. The second kappa shape index (κ2) is 11.8. The number of hydrogen-bond donors (Lipinski definition) is 0. The van der Waals surface area contributed by atoms with E-state index in [-0.39, 0.29) is 5.56 Å². The molecule has 43 heavy (non-hydrogen) atoms. The standard InChI is InChI=1S/C33H28N4O4S2/c1-5-15-41-25-14-13-22(17-20(25)2)29-23(19-36(35-29)24-10-7-6-8-11-24)18-27-31(38)37-30(26-12-9-16-42-26)28(32(39)40-4)21(3)34-33(37)43-27/h5-14,16-19,30H,1,15H2,2-4H3/b27-18+. The number of esters is 1. The summed E-state index contributed by atoms with van der Waals surface area (Å²) in [4.78, 5) is 33.0. The lowest BCUT2D eigenvalue weighted by Gasteiger charge is -2.22. The number of methoxy groups -OCH3 is 1. The Morgan fingerprint density at radius 1 is 1.12 bits per heavy atom. The Labute approximate surface area is 255 Å². The molecule has 4 heterocycles. The number of para-hydroxylation sites is 1. The number of carbonyl (C=O) groups is 1. The molecule has 2 aromatic carbocycles. The van der Waals surface area contributed by atoms with E-state index < -0.39 is 12.0 Å². The summed E-state index contributed by atoms with van der Waals surface area (Å²) in [6, 6.07) is 18.9. The fraction of sp³-hybridized carbons (Fsp3) is 0.152. The topological polar surface area (TPSA) is 87.7 Å². The van der Waals surface area contributed by atoms with E-state index in [1.165, 1.54) is 29.8 Å². The van der Waals surface area contributed by atoms with Crippen molar-refractivity contribution in [2.24, 2.45) is 4.99 Å². The van der Waals surface area contributed by atoms with Crippen molar-refractivity contribution < 1.29 is 14.3 Å². The number of aromatic nitrogens is 3. The Hall–Kier alpha value is -4.80. The molecule has 1 atom stereocenters. The van der Waals surface area contributed by atoms with Crippen LogP contribution in [-0.2, 0) is 9.53 Å². The van der Waals surface area contributed by atoms with E-state index in [9.17, 15) is 9.59 Å². The molecule has 0 aliphatic carbocycles. The van der Waals surface area contributed by atoms with Crippen LogP contribution in [0, 0.1) is 6.92 Å². The number of fused-ring (bicyclic) bond motifs is 1. The highest BCUT2D eigenvalue weighted by Crippen LogP contribution is 2.33. The molecule has 8 nitrogen and oxygen atoms in total. The highest BCUT2D eigenvalue weighted by molar-refractivity contribution is 7.10. The van der Waals surface area contributed by atoms with Crippen molar-refractivity contribution in [1.82, 2.24) is 14.3 Å². The Morgan fingerprint density at radius 3 is 2.63 bits per heavy atom. The van der Waals surface area contributed by atoms with E-state index in [1.807, 2.05) is 89.9 Å². The molecule has 0 amide bonds. The number of thiazole rings is 1. The van der Waals surface area contributed by atoms with Crippen LogP contribution in [0.1, 0.15) is 29.0 Å². The molecule has 10 heteroatoms. The van der Waals surface area contributed by atoms with Gasteiger partial charge < -0.3 is 9.47 Å². The zero-order valence-corrected chi connectivity index (χ0v) is 25.4. The lowest BCUT2D eigenvalue weighted by atomic mass is 10.0. The van der Waals surface area contributed by atoms with Gasteiger partial charge in [-0.1, -0.05) is 48.3 Å². The van der Waals surface area contributed by atoms with Gasteiger partial charge in [-0.2, -0.15) is 5.10 Å². The third-order valence-electron chi connectivity index (χ3n) is 7.09. The SMILES string of the molecule is C=CCOc1ccc(-c2nn(-c3ccccc3)cc2/C=c2/sc3n(c2=O)C(c2cccs2)C(C(=O)OC)=C(C)N=3)cc1C. The maximum atomic E-state index is 14.1. The molecule has 0 N–H and O–H groups in total. The summed E-state index contributed by atoms with van der Waals surface area (Å²) < 4.78 is 14.8. The zero-order valence-electron chi connectivity index (χ0n) is 23.8. The number of nitrogens with zero attached hydrogens (tertiary/aromatic N) is 4. The molecule has 0 saturated heterocycles. The van der Waals surface area contributed by atoms with E-state index in [0.717, 1.165) is 33.0 Å². The van der Waals surface area contributed by atoms with Crippen molar-refractivity contribution in [2.75, 3.05) is 13.7 Å². The first-order valence-corrected chi connectivity index (χ1v) is 15.2. The van der Waals surface area contributed by atoms with Crippen LogP contribution in [0.15, 0.2) is 106 Å². The Balaban J connectivity index is 1.53. The van der Waals surface area contributed by atoms with Crippen LogP contribution < -0.4 is 19.6 Å². The predicted octanol–water partition coefficient (Wildman–Crippen LogP) is 5.20. The van der Waals surface area contributed by atoms with Crippen LogP contribution >= 0.6 is 22.7 Å². The molecule has 0 spiro atoms. The number of thiophene rings is 1. The molecule has 0 saturated carbocycles. The Kier molecular flexibility index (Phi) is 7.79. The molecule has 1 aliphatic heterocycles. The summed E-state index contributed by atoms with van der Waals surface area (Å²) in [6.45, 7) is 7.90. The molecular formula is C33H28N4O4S2. The fourth-order valence-electron chi connectivity index (χ4n) is 5.09. The minimum atomic E-state index is -0.622. The normalized spacial score (nSPS) is 14.8. The van der Waals surface area contributed by atoms with Crippen LogP contribution in [0.5, 0.6) is 5.75 Å². The molecule has 216 valence electrons. The lowest BCUT2D eigenvalue weighted by molar-refractivity contribution is -0.136. The van der Waals surface area contributed by atoms with Crippen LogP contribution in [0.4, 0.5) is 0 Å². The molecule has 0 radical (unpaired) electrons. The average Bonchev–Trinajstić information content (AvgIpc) is 3.76. The van der Waals surface area contributed by atoms with Crippen molar-refractivity contribution in [2.45, 2.75) is 19.9 Å². The molecule has 0 fully saturated rings. The van der Waals surface area contributed by atoms with Crippen molar-refractivity contribution in [1.29, 1.82) is 0 Å². The highest BCUT2D eigenvalue weighted by Gasteiger charge is 2.33. The largest absolute Gasteiger partial charge is 0.489 e. The summed E-state index contributed by atoms with van der Waals surface area (Å²) in [5, 5.41) is 6.86. The predicted molar refractivity (Wildman–Crippen MR) is 170 cm³/mol. The molecule has 1 unspecified atom stereocenters. The van der Waals surface area contributed by atoms with Gasteiger partial charge in [-0.25, -0.2) is 14.5 Å². The van der Waals surface area contributed by atoms with E-state index in [4.69, 9.17) is 14.6 Å². The number of rotatable bonds is 8. The number of ether oxygens (including phenoxy) is 2. The monoisotopic (exact) mass is 608 g/mol. The van der Waals surface area contributed by atoms with Gasteiger partial charge in [-0.15, -0.1) is 11.3 Å². The maximum absolute atomic E-state index is 14.1.